The van der Waals surface area contributed by atoms with Crippen LogP contribution in [0, 0.1) is 6.92 Å². The number of rotatable bonds is 3. The van der Waals surface area contributed by atoms with Gasteiger partial charge in [-0.05, 0) is 19.1 Å². The van der Waals surface area contributed by atoms with Crippen LogP contribution in [-0.4, -0.2) is 42.4 Å². The topological polar surface area (TPSA) is 95.8 Å². The molecule has 0 amide bonds. The fourth-order valence-electron chi connectivity index (χ4n) is 1.52. The molecule has 5 N–H and O–H groups in total. The van der Waals surface area contributed by atoms with Gasteiger partial charge in [0.05, 0.1) is 0 Å². The van der Waals surface area contributed by atoms with E-state index in [1.54, 1.807) is 7.05 Å². The number of H-pyrrole nitrogens is 1. The van der Waals surface area contributed by atoms with Gasteiger partial charge in [-0.3, -0.25) is 4.99 Å². The van der Waals surface area contributed by atoms with E-state index in [1.165, 1.54) is 5.69 Å². The van der Waals surface area contributed by atoms with Gasteiger partial charge >= 0.3 is 0 Å². The zero-order valence-electron chi connectivity index (χ0n) is 12.6. The highest BCUT2D eigenvalue weighted by Crippen LogP contribution is 2.02. The summed E-state index contributed by atoms with van der Waals surface area (Å²) < 4.78 is 0. The maximum absolute atomic E-state index is 5.33. The van der Waals surface area contributed by atoms with Crippen molar-refractivity contribution in [1.82, 2.24) is 9.88 Å². The molecule has 0 saturated carbocycles. The number of aromatic nitrogens is 1. The predicted molar refractivity (Wildman–Crippen MR) is 82.4 cm³/mol. The number of nitrogens with zero attached hydrogens (tertiary/aromatic N) is 3. The molecule has 108 valence electrons. The van der Waals surface area contributed by atoms with Crippen LogP contribution in [-0.2, 0) is 6.42 Å². The van der Waals surface area contributed by atoms with Gasteiger partial charge in [-0.15, -0.1) is 0 Å². The molecular formula is C13H26N6. The Morgan fingerprint density at radius 3 is 2.37 bits per heavy atom. The number of aryl methyl sites for hydroxylation is 1. The zero-order chi connectivity index (χ0) is 14.8. The van der Waals surface area contributed by atoms with Crippen LogP contribution in [0.15, 0.2) is 22.1 Å². The molecule has 1 aromatic heterocycles. The van der Waals surface area contributed by atoms with Gasteiger partial charge in [0.15, 0.2) is 5.96 Å². The van der Waals surface area contributed by atoms with Crippen molar-refractivity contribution in [2.75, 3.05) is 20.6 Å². The van der Waals surface area contributed by atoms with Crippen LogP contribution < -0.4 is 11.5 Å². The van der Waals surface area contributed by atoms with E-state index in [4.69, 9.17) is 11.5 Å². The van der Waals surface area contributed by atoms with E-state index in [-0.39, 0.29) is 5.96 Å². The number of hydrogen-bond donors (Lipinski definition) is 3. The van der Waals surface area contributed by atoms with Crippen LogP contribution in [0.3, 0.4) is 0 Å². The lowest BCUT2D eigenvalue weighted by molar-refractivity contribution is 0.499. The van der Waals surface area contributed by atoms with E-state index in [0.717, 1.165) is 18.7 Å². The Kier molecular flexibility index (Phi) is 8.08. The molecule has 6 nitrogen and oxygen atoms in total. The van der Waals surface area contributed by atoms with Crippen molar-refractivity contribution in [2.24, 2.45) is 21.5 Å². The van der Waals surface area contributed by atoms with E-state index in [1.807, 2.05) is 32.7 Å². The minimum absolute atomic E-state index is 0.0215. The third-order valence-corrected chi connectivity index (χ3v) is 2.38. The molecule has 0 unspecified atom stereocenters. The standard InChI is InChI=1S/C11H20N6.C2H6/c1-8-4-5-9(15-8)6-7-17(3)11(14-2)16-10(12)13;1-2/h4-5,15H,6-7H2,1-3H3,(H4,12,13,14,16);1-2H3. The van der Waals surface area contributed by atoms with Crippen molar-refractivity contribution >= 4 is 11.9 Å². The summed E-state index contributed by atoms with van der Waals surface area (Å²) in [4.78, 5) is 13.2. The first kappa shape index (κ1) is 17.0. The molecule has 1 aromatic rings. The van der Waals surface area contributed by atoms with Crippen LogP contribution >= 0.6 is 0 Å². The average molecular weight is 266 g/mol. The Balaban J connectivity index is 0.00000154. The zero-order valence-corrected chi connectivity index (χ0v) is 12.6. The summed E-state index contributed by atoms with van der Waals surface area (Å²) in [5, 5.41) is 0. The minimum atomic E-state index is 0.0215. The lowest BCUT2D eigenvalue weighted by Gasteiger charge is -2.17. The van der Waals surface area contributed by atoms with Gasteiger partial charge in [0.25, 0.3) is 0 Å². The maximum Gasteiger partial charge on any atom is 0.223 e. The fraction of sp³-hybridized carbons (Fsp3) is 0.538. The fourth-order valence-corrected chi connectivity index (χ4v) is 1.52. The van der Waals surface area contributed by atoms with Crippen molar-refractivity contribution in [1.29, 1.82) is 0 Å². The summed E-state index contributed by atoms with van der Waals surface area (Å²) in [5.74, 6) is 0.557. The number of aliphatic imine (C=N–C) groups is 2. The quantitative estimate of drug-likeness (QED) is 0.564. The van der Waals surface area contributed by atoms with Gasteiger partial charge in [-0.25, -0.2) is 0 Å². The third-order valence-electron chi connectivity index (χ3n) is 2.38. The molecule has 6 heteroatoms. The minimum Gasteiger partial charge on any atom is -0.370 e. The SMILES string of the molecule is CC.CN=C(N=C(N)N)N(C)CCc1ccc(C)[nH]1. The Labute approximate surface area is 115 Å². The number of nitrogens with two attached hydrogens (primary N) is 2. The van der Waals surface area contributed by atoms with Crippen LogP contribution in [0.1, 0.15) is 25.2 Å². The molecule has 0 atom stereocenters. The van der Waals surface area contributed by atoms with Gasteiger partial charge < -0.3 is 21.4 Å². The van der Waals surface area contributed by atoms with Gasteiger partial charge in [0, 0.05) is 38.4 Å². The highest BCUT2D eigenvalue weighted by atomic mass is 15.3. The first-order valence-electron chi connectivity index (χ1n) is 6.45. The molecule has 0 bridgehead atoms. The summed E-state index contributed by atoms with van der Waals surface area (Å²) in [6.45, 7) is 6.83. The summed E-state index contributed by atoms with van der Waals surface area (Å²) in [7, 11) is 3.57. The summed E-state index contributed by atoms with van der Waals surface area (Å²) in [6.07, 6.45) is 0.892. The molecule has 0 aliphatic heterocycles. The Morgan fingerprint density at radius 1 is 1.32 bits per heavy atom. The third kappa shape index (κ3) is 6.49. The van der Waals surface area contributed by atoms with Crippen molar-refractivity contribution < 1.29 is 0 Å². The number of guanidine groups is 2. The Bertz CT molecular complexity index is 415. The van der Waals surface area contributed by atoms with Crippen LogP contribution in [0.2, 0.25) is 0 Å². The second-order valence-electron chi connectivity index (χ2n) is 3.90. The second kappa shape index (κ2) is 9.02. The van der Waals surface area contributed by atoms with Crippen LogP contribution in [0.4, 0.5) is 0 Å². The lowest BCUT2D eigenvalue weighted by atomic mass is 10.3. The predicted octanol–water partition coefficient (Wildman–Crippen LogP) is 1.08. The number of nitrogens with one attached hydrogen (secondary N) is 1. The van der Waals surface area contributed by atoms with E-state index < -0.39 is 0 Å². The average Bonchev–Trinajstić information content (AvgIpc) is 2.81. The number of likely N-dealkylation sites (N-methyl/N-ethyl adjacent to an activating group) is 1. The molecule has 1 heterocycles. The lowest BCUT2D eigenvalue weighted by Crippen LogP contribution is -2.32. The summed E-state index contributed by atoms with van der Waals surface area (Å²) in [6, 6.07) is 4.13. The monoisotopic (exact) mass is 266 g/mol. The molecule has 19 heavy (non-hydrogen) atoms. The van der Waals surface area contributed by atoms with Gasteiger partial charge in [0.2, 0.25) is 5.96 Å². The van der Waals surface area contributed by atoms with E-state index in [9.17, 15) is 0 Å². The molecule has 0 aliphatic carbocycles. The molecule has 1 rings (SSSR count). The van der Waals surface area contributed by atoms with Crippen LogP contribution in [0.25, 0.3) is 0 Å². The molecule has 0 radical (unpaired) electrons. The second-order valence-corrected chi connectivity index (χ2v) is 3.90. The van der Waals surface area contributed by atoms with Crippen LogP contribution in [0.5, 0.6) is 0 Å². The molecule has 0 aliphatic rings. The van der Waals surface area contributed by atoms with E-state index >= 15 is 0 Å². The Hall–Kier alpha value is -1.98. The van der Waals surface area contributed by atoms with Crippen molar-refractivity contribution in [3.63, 3.8) is 0 Å². The molecule has 0 saturated heterocycles. The van der Waals surface area contributed by atoms with Crippen molar-refractivity contribution in [3.8, 4) is 0 Å². The van der Waals surface area contributed by atoms with Gasteiger partial charge in [-0.1, -0.05) is 13.8 Å². The molecule has 0 fully saturated rings. The van der Waals surface area contributed by atoms with Gasteiger partial charge in [-0.2, -0.15) is 4.99 Å². The normalized spacial score (nSPS) is 10.5. The van der Waals surface area contributed by atoms with Gasteiger partial charge in [0.1, 0.15) is 0 Å². The Morgan fingerprint density at radius 2 is 1.95 bits per heavy atom. The first-order chi connectivity index (χ1) is 9.02. The molecule has 0 aromatic carbocycles. The number of aromatic amines is 1. The molecule has 0 spiro atoms. The van der Waals surface area contributed by atoms with Crippen molar-refractivity contribution in [3.05, 3.63) is 23.5 Å². The first-order valence-corrected chi connectivity index (χ1v) is 6.45. The van der Waals surface area contributed by atoms with Crippen molar-refractivity contribution in [2.45, 2.75) is 27.2 Å². The maximum atomic E-state index is 5.33. The largest absolute Gasteiger partial charge is 0.370 e. The smallest absolute Gasteiger partial charge is 0.223 e. The number of hydrogen-bond acceptors (Lipinski definition) is 1. The van der Waals surface area contributed by atoms with E-state index in [0.29, 0.717) is 5.96 Å². The highest BCUT2D eigenvalue weighted by molar-refractivity contribution is 5.93. The highest BCUT2D eigenvalue weighted by Gasteiger charge is 2.05. The summed E-state index contributed by atoms with van der Waals surface area (Å²) in [5.41, 5.74) is 13.0. The summed E-state index contributed by atoms with van der Waals surface area (Å²) >= 11 is 0. The van der Waals surface area contributed by atoms with E-state index in [2.05, 4.69) is 27.1 Å². The molecular weight excluding hydrogens is 240 g/mol.